The van der Waals surface area contributed by atoms with Crippen LogP contribution >= 0.6 is 0 Å². The number of carbonyl (C=O) groups excluding carboxylic acids is 1. The van der Waals surface area contributed by atoms with E-state index in [0.717, 1.165) is 0 Å². The Labute approximate surface area is 140 Å². The Bertz CT molecular complexity index is 388. The molecular formula is C17H38O3Si2. The molecule has 0 saturated heterocycles. The molecule has 0 heterocycles. The summed E-state index contributed by atoms with van der Waals surface area (Å²) in [6.07, 6.45) is -0.463. The lowest BCUT2D eigenvalue weighted by Crippen LogP contribution is -2.51. The smallest absolute Gasteiger partial charge is 0.321 e. The van der Waals surface area contributed by atoms with Crippen molar-refractivity contribution in [3.05, 3.63) is 0 Å². The molecule has 0 amide bonds. The summed E-state index contributed by atoms with van der Waals surface area (Å²) in [6, 6.07) is 0. The molecule has 22 heavy (non-hydrogen) atoms. The zero-order valence-electron chi connectivity index (χ0n) is 16.9. The maximum Gasteiger partial charge on any atom is 0.321 e. The molecule has 1 unspecified atom stereocenters. The summed E-state index contributed by atoms with van der Waals surface area (Å²) in [6.45, 7) is 25.6. The summed E-state index contributed by atoms with van der Waals surface area (Å²) in [7, 11) is -4.11. The topological polar surface area (TPSA) is 35.5 Å². The van der Waals surface area contributed by atoms with Gasteiger partial charge in [-0.15, -0.1) is 0 Å². The predicted octanol–water partition coefficient (Wildman–Crippen LogP) is 5.58. The van der Waals surface area contributed by atoms with Gasteiger partial charge >= 0.3 is 5.97 Å². The van der Waals surface area contributed by atoms with Gasteiger partial charge in [0.1, 0.15) is 6.10 Å². The summed E-state index contributed by atoms with van der Waals surface area (Å²) in [4.78, 5) is 12.8. The van der Waals surface area contributed by atoms with Gasteiger partial charge in [0.15, 0.2) is 8.32 Å². The quantitative estimate of drug-likeness (QED) is 0.609. The van der Waals surface area contributed by atoms with Gasteiger partial charge in [-0.3, -0.25) is 4.79 Å². The van der Waals surface area contributed by atoms with Crippen molar-refractivity contribution in [2.75, 3.05) is 0 Å². The zero-order valence-corrected chi connectivity index (χ0v) is 18.9. The van der Waals surface area contributed by atoms with Crippen molar-refractivity contribution < 1.29 is 13.6 Å². The molecule has 0 bridgehead atoms. The van der Waals surface area contributed by atoms with Crippen LogP contribution in [0.2, 0.25) is 36.3 Å². The van der Waals surface area contributed by atoms with Crippen molar-refractivity contribution >= 4 is 22.6 Å². The molecule has 0 spiro atoms. The molecule has 0 aliphatic heterocycles. The predicted molar refractivity (Wildman–Crippen MR) is 100 cm³/mol. The van der Waals surface area contributed by atoms with Crippen molar-refractivity contribution in [1.82, 2.24) is 0 Å². The second-order valence-corrected chi connectivity index (χ2v) is 19.2. The van der Waals surface area contributed by atoms with Crippen LogP contribution in [0, 0.1) is 5.92 Å². The zero-order chi connectivity index (χ0) is 18.1. The first-order valence-electron chi connectivity index (χ1n) is 8.33. The second-order valence-electron chi connectivity index (χ2n) is 9.72. The van der Waals surface area contributed by atoms with Crippen molar-refractivity contribution in [2.45, 2.75) is 97.8 Å². The van der Waals surface area contributed by atoms with E-state index in [1.54, 1.807) is 0 Å². The SMILES string of the molecule is CC(C)C(O[Si](C)(C)C(C)(C)C)C(=O)O[Si](C)(C)C(C)(C)C. The molecule has 0 N–H and O–H groups in total. The van der Waals surface area contributed by atoms with Crippen LogP contribution in [0.25, 0.3) is 0 Å². The molecule has 0 aromatic carbocycles. The van der Waals surface area contributed by atoms with Gasteiger partial charge in [-0.1, -0.05) is 55.4 Å². The van der Waals surface area contributed by atoms with Gasteiger partial charge in [-0.05, 0) is 42.2 Å². The van der Waals surface area contributed by atoms with E-state index in [2.05, 4.69) is 67.7 Å². The Morgan fingerprint density at radius 1 is 0.818 bits per heavy atom. The average molecular weight is 347 g/mol. The lowest BCUT2D eigenvalue weighted by atomic mass is 10.1. The van der Waals surface area contributed by atoms with E-state index in [4.69, 9.17) is 8.85 Å². The van der Waals surface area contributed by atoms with Crippen LogP contribution < -0.4 is 0 Å². The fourth-order valence-corrected chi connectivity index (χ4v) is 3.70. The fraction of sp³-hybridized carbons (Fsp3) is 0.941. The van der Waals surface area contributed by atoms with E-state index in [0.29, 0.717) is 0 Å². The van der Waals surface area contributed by atoms with Crippen LogP contribution in [-0.4, -0.2) is 28.7 Å². The minimum atomic E-state index is -2.11. The van der Waals surface area contributed by atoms with Gasteiger partial charge in [0, 0.05) is 0 Å². The van der Waals surface area contributed by atoms with Gasteiger partial charge in [0.25, 0.3) is 8.32 Å². The molecular weight excluding hydrogens is 308 g/mol. The van der Waals surface area contributed by atoms with E-state index in [1.165, 1.54) is 0 Å². The minimum Gasteiger partial charge on any atom is -0.517 e. The molecule has 0 radical (unpaired) electrons. The molecule has 3 nitrogen and oxygen atoms in total. The minimum absolute atomic E-state index is 0.0150. The highest BCUT2D eigenvalue weighted by atomic mass is 28.4. The Morgan fingerprint density at radius 2 is 1.18 bits per heavy atom. The van der Waals surface area contributed by atoms with Gasteiger partial charge in [0.2, 0.25) is 0 Å². The summed E-state index contributed by atoms with van der Waals surface area (Å²) in [5, 5.41) is 0.0958. The molecule has 0 aliphatic carbocycles. The molecule has 0 aromatic heterocycles. The largest absolute Gasteiger partial charge is 0.517 e. The van der Waals surface area contributed by atoms with Crippen LogP contribution in [-0.2, 0) is 13.6 Å². The number of carbonyl (C=O) groups is 1. The first-order valence-corrected chi connectivity index (χ1v) is 14.1. The van der Waals surface area contributed by atoms with Crippen LogP contribution in [0.3, 0.4) is 0 Å². The van der Waals surface area contributed by atoms with Gasteiger partial charge in [-0.25, -0.2) is 0 Å². The monoisotopic (exact) mass is 346 g/mol. The number of rotatable bonds is 5. The van der Waals surface area contributed by atoms with E-state index in [1.807, 2.05) is 13.8 Å². The highest BCUT2D eigenvalue weighted by Crippen LogP contribution is 2.40. The fourth-order valence-electron chi connectivity index (χ4n) is 1.41. The number of hydrogen-bond donors (Lipinski definition) is 0. The van der Waals surface area contributed by atoms with E-state index in [-0.39, 0.29) is 22.0 Å². The maximum atomic E-state index is 12.8. The third-order valence-electron chi connectivity index (χ3n) is 5.23. The lowest BCUT2D eigenvalue weighted by Gasteiger charge is -2.41. The van der Waals surface area contributed by atoms with Gasteiger partial charge < -0.3 is 8.85 Å². The van der Waals surface area contributed by atoms with E-state index < -0.39 is 22.7 Å². The Morgan fingerprint density at radius 3 is 1.45 bits per heavy atom. The van der Waals surface area contributed by atoms with Crippen molar-refractivity contribution in [3.8, 4) is 0 Å². The van der Waals surface area contributed by atoms with Crippen LogP contribution in [0.1, 0.15) is 55.4 Å². The summed E-state index contributed by atoms with van der Waals surface area (Å²) >= 11 is 0. The number of hydrogen-bond acceptors (Lipinski definition) is 3. The average Bonchev–Trinajstić information content (AvgIpc) is 2.21. The Kier molecular flexibility index (Phi) is 6.73. The summed E-state index contributed by atoms with van der Waals surface area (Å²) in [5.41, 5.74) is 0. The van der Waals surface area contributed by atoms with Crippen molar-refractivity contribution in [1.29, 1.82) is 0 Å². The summed E-state index contributed by atoms with van der Waals surface area (Å²) < 4.78 is 12.4. The van der Waals surface area contributed by atoms with Crippen molar-refractivity contribution in [2.24, 2.45) is 5.92 Å². The van der Waals surface area contributed by atoms with Gasteiger partial charge in [-0.2, -0.15) is 0 Å². The third kappa shape index (κ3) is 5.50. The second kappa shape index (κ2) is 6.77. The molecule has 0 fully saturated rings. The maximum absolute atomic E-state index is 12.8. The Balaban J connectivity index is 5.26. The third-order valence-corrected chi connectivity index (χ3v) is 14.0. The normalized spacial score (nSPS) is 15.9. The highest BCUT2D eigenvalue weighted by molar-refractivity contribution is 6.76. The molecule has 5 heteroatoms. The first kappa shape index (κ1) is 21.9. The molecule has 0 saturated carbocycles. The lowest BCUT2D eigenvalue weighted by molar-refractivity contribution is -0.146. The Hall–Kier alpha value is -0.136. The van der Waals surface area contributed by atoms with Crippen molar-refractivity contribution in [3.63, 3.8) is 0 Å². The molecule has 1 atom stereocenters. The summed E-state index contributed by atoms with van der Waals surface area (Å²) in [5.74, 6) is -0.0576. The van der Waals surface area contributed by atoms with Crippen LogP contribution in [0.15, 0.2) is 0 Å². The van der Waals surface area contributed by atoms with E-state index >= 15 is 0 Å². The highest BCUT2D eigenvalue weighted by Gasteiger charge is 2.45. The standard InChI is InChI=1S/C17H38O3Si2/c1-13(2)14(19-21(9,10)16(3,4)5)15(18)20-22(11,12)17(6,7)8/h13-14H,1-12H3. The van der Waals surface area contributed by atoms with Crippen LogP contribution in [0.4, 0.5) is 0 Å². The van der Waals surface area contributed by atoms with Gasteiger partial charge in [0.05, 0.1) is 0 Å². The molecule has 0 aromatic rings. The van der Waals surface area contributed by atoms with E-state index in [9.17, 15) is 4.79 Å². The van der Waals surface area contributed by atoms with Crippen LogP contribution in [0.5, 0.6) is 0 Å². The first-order chi connectivity index (χ1) is 9.42. The molecule has 0 aliphatic rings. The molecule has 0 rings (SSSR count). The molecule has 132 valence electrons.